The summed E-state index contributed by atoms with van der Waals surface area (Å²) in [6.45, 7) is 0. The van der Waals surface area contributed by atoms with Gasteiger partial charge in [0, 0.05) is 10.7 Å². The highest BCUT2D eigenvalue weighted by Gasteiger charge is 2.07. The van der Waals surface area contributed by atoms with E-state index in [1.165, 1.54) is 12.1 Å². The van der Waals surface area contributed by atoms with E-state index < -0.39 is 11.8 Å². The van der Waals surface area contributed by atoms with E-state index in [0.29, 0.717) is 5.69 Å². The zero-order valence-electron chi connectivity index (χ0n) is 9.28. The number of hydrogen-bond donors (Lipinski definition) is 2. The van der Waals surface area contributed by atoms with Crippen LogP contribution in [-0.4, -0.2) is 6.03 Å². The topological polar surface area (TPSA) is 41.1 Å². The largest absolute Gasteiger partial charge is 0.323 e. The van der Waals surface area contributed by atoms with Crippen molar-refractivity contribution in [3.8, 4) is 0 Å². The van der Waals surface area contributed by atoms with Gasteiger partial charge in [0.2, 0.25) is 0 Å². The van der Waals surface area contributed by atoms with Gasteiger partial charge in [-0.05, 0) is 30.3 Å². The summed E-state index contributed by atoms with van der Waals surface area (Å²) in [6.07, 6.45) is 0. The fourth-order valence-corrected chi connectivity index (χ4v) is 1.56. The predicted molar refractivity (Wildman–Crippen MR) is 70.5 cm³/mol. The number of carbonyl (C=O) groups excluding carboxylic acids is 1. The molecule has 0 aromatic heterocycles. The lowest BCUT2D eigenvalue weighted by atomic mass is 10.3. The van der Waals surface area contributed by atoms with Gasteiger partial charge in [0.05, 0.1) is 5.69 Å². The molecule has 0 aliphatic rings. The molecule has 0 heterocycles. The SMILES string of the molecule is O=C(Nc1ccccc1)Nc1ccc(Cl)cc1F. The first-order valence-corrected chi connectivity index (χ1v) is 5.61. The molecule has 2 aromatic carbocycles. The number of para-hydroxylation sites is 1. The third kappa shape index (κ3) is 3.21. The van der Waals surface area contributed by atoms with Crippen LogP contribution in [0.4, 0.5) is 20.6 Å². The lowest BCUT2D eigenvalue weighted by molar-refractivity contribution is 0.262. The normalized spacial score (nSPS) is 9.89. The van der Waals surface area contributed by atoms with Gasteiger partial charge in [-0.2, -0.15) is 0 Å². The van der Waals surface area contributed by atoms with Crippen molar-refractivity contribution >= 4 is 29.0 Å². The first-order chi connectivity index (χ1) is 8.65. The molecule has 5 heteroatoms. The van der Waals surface area contributed by atoms with E-state index in [1.807, 2.05) is 6.07 Å². The van der Waals surface area contributed by atoms with Crippen molar-refractivity contribution in [3.63, 3.8) is 0 Å². The fraction of sp³-hybridized carbons (Fsp3) is 0. The van der Waals surface area contributed by atoms with E-state index >= 15 is 0 Å². The second-order valence-electron chi connectivity index (χ2n) is 3.57. The number of urea groups is 1. The Hall–Kier alpha value is -2.07. The van der Waals surface area contributed by atoms with E-state index in [2.05, 4.69) is 10.6 Å². The highest BCUT2D eigenvalue weighted by molar-refractivity contribution is 6.30. The lowest BCUT2D eigenvalue weighted by Gasteiger charge is -2.08. The summed E-state index contributed by atoms with van der Waals surface area (Å²) in [5, 5.41) is 5.26. The number of amides is 2. The molecule has 18 heavy (non-hydrogen) atoms. The number of carbonyl (C=O) groups is 1. The lowest BCUT2D eigenvalue weighted by Crippen LogP contribution is -2.19. The van der Waals surface area contributed by atoms with Crippen LogP contribution >= 0.6 is 11.6 Å². The molecule has 0 unspecified atom stereocenters. The van der Waals surface area contributed by atoms with E-state index in [4.69, 9.17) is 11.6 Å². The molecule has 0 radical (unpaired) electrons. The van der Waals surface area contributed by atoms with Crippen LogP contribution in [0.3, 0.4) is 0 Å². The van der Waals surface area contributed by atoms with Gasteiger partial charge >= 0.3 is 6.03 Å². The van der Waals surface area contributed by atoms with E-state index in [9.17, 15) is 9.18 Å². The number of rotatable bonds is 2. The standard InChI is InChI=1S/C13H10ClFN2O/c14-9-6-7-12(11(15)8-9)17-13(18)16-10-4-2-1-3-5-10/h1-8H,(H2,16,17,18). The summed E-state index contributed by atoms with van der Waals surface area (Å²) in [4.78, 5) is 11.6. The van der Waals surface area contributed by atoms with Crippen molar-refractivity contribution in [2.45, 2.75) is 0 Å². The van der Waals surface area contributed by atoms with Crippen LogP contribution in [0.25, 0.3) is 0 Å². The van der Waals surface area contributed by atoms with Crippen molar-refractivity contribution in [1.82, 2.24) is 0 Å². The molecule has 2 amide bonds. The Kier molecular flexibility index (Phi) is 3.79. The van der Waals surface area contributed by atoms with Crippen molar-refractivity contribution in [2.75, 3.05) is 10.6 Å². The van der Waals surface area contributed by atoms with Crippen molar-refractivity contribution in [1.29, 1.82) is 0 Å². The maximum Gasteiger partial charge on any atom is 0.323 e. The Balaban J connectivity index is 2.03. The molecule has 0 aliphatic heterocycles. The highest BCUT2D eigenvalue weighted by atomic mass is 35.5. The highest BCUT2D eigenvalue weighted by Crippen LogP contribution is 2.19. The van der Waals surface area contributed by atoms with Gasteiger partial charge in [-0.3, -0.25) is 0 Å². The number of nitrogens with one attached hydrogen (secondary N) is 2. The second kappa shape index (κ2) is 5.51. The monoisotopic (exact) mass is 264 g/mol. The smallest absolute Gasteiger partial charge is 0.308 e. The molecule has 92 valence electrons. The fourth-order valence-electron chi connectivity index (χ4n) is 1.40. The summed E-state index contributed by atoms with van der Waals surface area (Å²) in [5.41, 5.74) is 0.706. The minimum atomic E-state index is -0.578. The molecule has 0 saturated carbocycles. The molecule has 0 bridgehead atoms. The van der Waals surface area contributed by atoms with Crippen molar-refractivity contribution < 1.29 is 9.18 Å². The van der Waals surface area contributed by atoms with E-state index in [0.717, 1.165) is 6.07 Å². The minimum absolute atomic E-state index is 0.0767. The predicted octanol–water partition coefficient (Wildman–Crippen LogP) is 4.12. The summed E-state index contributed by atoms with van der Waals surface area (Å²) in [6, 6.07) is 12.4. The molecule has 2 rings (SSSR count). The minimum Gasteiger partial charge on any atom is -0.308 e. The zero-order valence-corrected chi connectivity index (χ0v) is 10.0. The Morgan fingerprint density at radius 2 is 1.78 bits per heavy atom. The van der Waals surface area contributed by atoms with Gasteiger partial charge in [-0.25, -0.2) is 9.18 Å². The van der Waals surface area contributed by atoms with Crippen LogP contribution in [-0.2, 0) is 0 Å². The third-order valence-corrected chi connectivity index (χ3v) is 2.45. The van der Waals surface area contributed by atoms with Gasteiger partial charge < -0.3 is 10.6 Å². The van der Waals surface area contributed by atoms with Crippen LogP contribution in [0.15, 0.2) is 48.5 Å². The number of anilines is 2. The Bertz CT molecular complexity index is 560. The van der Waals surface area contributed by atoms with Crippen LogP contribution in [0, 0.1) is 5.82 Å². The zero-order chi connectivity index (χ0) is 13.0. The molecule has 0 spiro atoms. The quantitative estimate of drug-likeness (QED) is 0.841. The summed E-state index contributed by atoms with van der Waals surface area (Å²) < 4.78 is 13.4. The van der Waals surface area contributed by atoms with Gasteiger partial charge in [0.1, 0.15) is 5.82 Å². The molecule has 0 saturated heterocycles. The first kappa shape index (κ1) is 12.4. The van der Waals surface area contributed by atoms with E-state index in [1.54, 1.807) is 24.3 Å². The molecule has 0 aliphatic carbocycles. The van der Waals surface area contributed by atoms with Gasteiger partial charge in [-0.1, -0.05) is 29.8 Å². The van der Waals surface area contributed by atoms with Crippen LogP contribution in [0.1, 0.15) is 0 Å². The van der Waals surface area contributed by atoms with Crippen LogP contribution in [0.5, 0.6) is 0 Å². The van der Waals surface area contributed by atoms with Gasteiger partial charge in [0.15, 0.2) is 0 Å². The molecule has 2 N–H and O–H groups in total. The molecule has 2 aromatic rings. The molecule has 0 fully saturated rings. The number of benzene rings is 2. The van der Waals surface area contributed by atoms with Crippen molar-refractivity contribution in [3.05, 3.63) is 59.4 Å². The molecule has 0 atom stereocenters. The summed E-state index contributed by atoms with van der Waals surface area (Å²) in [7, 11) is 0. The number of halogens is 2. The average Bonchev–Trinajstić information content (AvgIpc) is 2.34. The summed E-state index contributed by atoms with van der Waals surface area (Å²) >= 11 is 5.61. The van der Waals surface area contributed by atoms with Crippen molar-refractivity contribution in [2.24, 2.45) is 0 Å². The molecular weight excluding hydrogens is 255 g/mol. The van der Waals surface area contributed by atoms with Crippen LogP contribution in [0.2, 0.25) is 5.02 Å². The third-order valence-electron chi connectivity index (χ3n) is 2.21. The molecule has 3 nitrogen and oxygen atoms in total. The van der Waals surface area contributed by atoms with Gasteiger partial charge in [0.25, 0.3) is 0 Å². The maximum atomic E-state index is 13.4. The van der Waals surface area contributed by atoms with Crippen LogP contribution < -0.4 is 10.6 Å². The Labute approximate surface area is 109 Å². The Morgan fingerprint density at radius 1 is 1.06 bits per heavy atom. The maximum absolute atomic E-state index is 13.4. The average molecular weight is 265 g/mol. The van der Waals surface area contributed by atoms with E-state index in [-0.39, 0.29) is 10.7 Å². The Morgan fingerprint density at radius 3 is 2.44 bits per heavy atom. The molecular formula is C13H10ClFN2O. The van der Waals surface area contributed by atoms with Gasteiger partial charge in [-0.15, -0.1) is 0 Å². The summed E-state index contributed by atoms with van der Waals surface area (Å²) in [5.74, 6) is -0.578. The second-order valence-corrected chi connectivity index (χ2v) is 4.01. The first-order valence-electron chi connectivity index (χ1n) is 5.23. The number of hydrogen-bond acceptors (Lipinski definition) is 1.